The van der Waals surface area contributed by atoms with Gasteiger partial charge in [-0.05, 0) is 39.7 Å². The number of carboxylic acids is 1. The summed E-state index contributed by atoms with van der Waals surface area (Å²) in [5, 5.41) is 9.08. The maximum absolute atomic E-state index is 11.1. The van der Waals surface area contributed by atoms with Crippen molar-refractivity contribution in [2.24, 2.45) is 0 Å². The van der Waals surface area contributed by atoms with Crippen molar-refractivity contribution < 1.29 is 14.6 Å². The van der Waals surface area contributed by atoms with Crippen LogP contribution in [-0.4, -0.2) is 22.8 Å². The van der Waals surface area contributed by atoms with E-state index in [1.54, 1.807) is 23.9 Å². The second-order valence-electron chi connectivity index (χ2n) is 3.82. The van der Waals surface area contributed by atoms with Crippen LogP contribution in [-0.2, 0) is 6.54 Å². The van der Waals surface area contributed by atoms with Crippen molar-refractivity contribution in [2.45, 2.75) is 6.54 Å². The molecule has 0 fully saturated rings. The predicted octanol–water partition coefficient (Wildman–Crippen LogP) is 3.01. The predicted molar refractivity (Wildman–Crippen MR) is 71.2 cm³/mol. The highest BCUT2D eigenvalue weighted by Gasteiger charge is 2.11. The van der Waals surface area contributed by atoms with E-state index in [4.69, 9.17) is 9.84 Å². The number of aromatic nitrogens is 1. The summed E-state index contributed by atoms with van der Waals surface area (Å²) in [7, 11) is 1.61. The minimum atomic E-state index is -0.936. The van der Waals surface area contributed by atoms with Crippen LogP contribution < -0.4 is 4.74 Å². The average Bonchev–Trinajstić information content (AvgIpc) is 2.71. The van der Waals surface area contributed by atoms with Gasteiger partial charge in [0, 0.05) is 17.2 Å². The highest BCUT2D eigenvalue weighted by Crippen LogP contribution is 2.18. The molecule has 1 aromatic heterocycles. The zero-order valence-corrected chi connectivity index (χ0v) is 11.3. The number of rotatable bonds is 4. The Morgan fingerprint density at radius 2 is 2.06 bits per heavy atom. The van der Waals surface area contributed by atoms with E-state index >= 15 is 0 Å². The van der Waals surface area contributed by atoms with E-state index in [-0.39, 0.29) is 5.69 Å². The van der Waals surface area contributed by atoms with Gasteiger partial charge in [-0.3, -0.25) is 0 Å². The van der Waals surface area contributed by atoms with Crippen molar-refractivity contribution >= 4 is 21.9 Å². The number of aromatic carboxylic acids is 1. The number of halogens is 1. The third-order valence-corrected chi connectivity index (χ3v) is 3.03. The number of carboxylic acid groups (broad SMARTS) is 1. The molecule has 0 aliphatic heterocycles. The zero-order valence-electron chi connectivity index (χ0n) is 9.76. The molecule has 18 heavy (non-hydrogen) atoms. The molecule has 0 aliphatic carbocycles. The van der Waals surface area contributed by atoms with E-state index in [1.165, 1.54) is 0 Å². The molecule has 5 heteroatoms. The second-order valence-corrected chi connectivity index (χ2v) is 4.74. The van der Waals surface area contributed by atoms with Crippen LogP contribution >= 0.6 is 15.9 Å². The molecule has 4 nitrogen and oxygen atoms in total. The van der Waals surface area contributed by atoms with Gasteiger partial charge in [-0.15, -0.1) is 0 Å². The SMILES string of the molecule is COc1ccc(Cn2cc(Br)cc2C(=O)O)cc1. The molecule has 0 saturated heterocycles. The maximum atomic E-state index is 11.1. The summed E-state index contributed by atoms with van der Waals surface area (Å²) in [6.07, 6.45) is 1.76. The average molecular weight is 310 g/mol. The van der Waals surface area contributed by atoms with Crippen molar-refractivity contribution in [1.29, 1.82) is 0 Å². The van der Waals surface area contributed by atoms with Crippen LogP contribution in [0.5, 0.6) is 5.75 Å². The number of hydrogen-bond donors (Lipinski definition) is 1. The summed E-state index contributed by atoms with van der Waals surface area (Å²) in [5.74, 6) is -0.153. The summed E-state index contributed by atoms with van der Waals surface area (Å²) in [5.41, 5.74) is 1.28. The maximum Gasteiger partial charge on any atom is 0.352 e. The summed E-state index contributed by atoms with van der Waals surface area (Å²) in [6, 6.07) is 9.13. The first-order valence-electron chi connectivity index (χ1n) is 5.32. The Labute approximate surface area is 113 Å². The van der Waals surface area contributed by atoms with Gasteiger partial charge in [-0.2, -0.15) is 0 Å². The van der Waals surface area contributed by atoms with E-state index in [2.05, 4.69) is 15.9 Å². The fraction of sp³-hybridized carbons (Fsp3) is 0.154. The third-order valence-electron chi connectivity index (χ3n) is 2.59. The Morgan fingerprint density at radius 3 is 2.61 bits per heavy atom. The summed E-state index contributed by atoms with van der Waals surface area (Å²) in [6.45, 7) is 0.511. The first-order valence-corrected chi connectivity index (χ1v) is 6.11. The molecule has 0 bridgehead atoms. The van der Waals surface area contributed by atoms with E-state index in [1.807, 2.05) is 24.3 Å². The number of benzene rings is 1. The molecule has 1 aromatic carbocycles. The molecule has 1 heterocycles. The van der Waals surface area contributed by atoms with Crippen LogP contribution in [0.3, 0.4) is 0 Å². The number of methoxy groups -OCH3 is 1. The lowest BCUT2D eigenvalue weighted by molar-refractivity contribution is 0.0685. The van der Waals surface area contributed by atoms with Crippen LogP contribution in [0.4, 0.5) is 0 Å². The molecule has 0 radical (unpaired) electrons. The van der Waals surface area contributed by atoms with Crippen molar-refractivity contribution in [3.8, 4) is 5.75 Å². The largest absolute Gasteiger partial charge is 0.497 e. The molecule has 0 aliphatic rings. The quantitative estimate of drug-likeness (QED) is 0.944. The van der Waals surface area contributed by atoms with Gasteiger partial charge in [0.25, 0.3) is 0 Å². The van der Waals surface area contributed by atoms with E-state index in [0.29, 0.717) is 6.54 Å². The van der Waals surface area contributed by atoms with Crippen molar-refractivity contribution in [3.05, 3.63) is 52.3 Å². The molecule has 2 rings (SSSR count). The van der Waals surface area contributed by atoms with Gasteiger partial charge in [-0.1, -0.05) is 12.1 Å². The Hall–Kier alpha value is -1.75. The lowest BCUT2D eigenvalue weighted by atomic mass is 10.2. The number of nitrogens with zero attached hydrogens (tertiary/aromatic N) is 1. The summed E-state index contributed by atoms with van der Waals surface area (Å²) < 4.78 is 7.52. The fourth-order valence-electron chi connectivity index (χ4n) is 1.71. The minimum Gasteiger partial charge on any atom is -0.497 e. The van der Waals surface area contributed by atoms with Crippen LogP contribution in [0.15, 0.2) is 41.0 Å². The highest BCUT2D eigenvalue weighted by atomic mass is 79.9. The van der Waals surface area contributed by atoms with Crippen molar-refractivity contribution in [3.63, 3.8) is 0 Å². The fourth-order valence-corrected chi connectivity index (χ4v) is 2.18. The Morgan fingerprint density at radius 1 is 1.39 bits per heavy atom. The number of hydrogen-bond acceptors (Lipinski definition) is 2. The topological polar surface area (TPSA) is 51.5 Å². The molecule has 0 atom stereocenters. The van der Waals surface area contributed by atoms with E-state index in [9.17, 15) is 4.79 Å². The van der Waals surface area contributed by atoms with Gasteiger partial charge < -0.3 is 14.4 Å². The molecule has 2 aromatic rings. The molecular formula is C13H12BrNO3. The van der Waals surface area contributed by atoms with Crippen LogP contribution in [0, 0.1) is 0 Å². The normalized spacial score (nSPS) is 10.3. The van der Waals surface area contributed by atoms with E-state index in [0.717, 1.165) is 15.8 Å². The molecular weight excluding hydrogens is 298 g/mol. The molecule has 1 N–H and O–H groups in total. The highest BCUT2D eigenvalue weighted by molar-refractivity contribution is 9.10. The van der Waals surface area contributed by atoms with Gasteiger partial charge in [0.05, 0.1) is 7.11 Å². The standard InChI is InChI=1S/C13H12BrNO3/c1-18-11-4-2-9(3-5-11)7-15-8-10(14)6-12(15)13(16)17/h2-6,8H,7H2,1H3,(H,16,17). The van der Waals surface area contributed by atoms with Gasteiger partial charge in [0.2, 0.25) is 0 Å². The molecule has 94 valence electrons. The third kappa shape index (κ3) is 2.73. The molecule has 0 spiro atoms. The van der Waals surface area contributed by atoms with Crippen molar-refractivity contribution in [1.82, 2.24) is 4.57 Å². The van der Waals surface area contributed by atoms with Crippen molar-refractivity contribution in [2.75, 3.05) is 7.11 Å². The first kappa shape index (κ1) is 12.7. The lowest BCUT2D eigenvalue weighted by Crippen LogP contribution is -2.08. The second kappa shape index (κ2) is 5.27. The van der Waals surface area contributed by atoms with E-state index < -0.39 is 5.97 Å². The summed E-state index contributed by atoms with van der Waals surface area (Å²) >= 11 is 3.28. The zero-order chi connectivity index (χ0) is 13.1. The van der Waals surface area contributed by atoms with Gasteiger partial charge >= 0.3 is 5.97 Å². The number of carbonyl (C=O) groups is 1. The number of ether oxygens (including phenoxy) is 1. The monoisotopic (exact) mass is 309 g/mol. The van der Waals surface area contributed by atoms with Gasteiger partial charge in [-0.25, -0.2) is 4.79 Å². The van der Waals surface area contributed by atoms with Crippen LogP contribution in [0.25, 0.3) is 0 Å². The lowest BCUT2D eigenvalue weighted by Gasteiger charge is -2.07. The van der Waals surface area contributed by atoms with Gasteiger partial charge in [0.15, 0.2) is 0 Å². The van der Waals surface area contributed by atoms with Crippen LogP contribution in [0.1, 0.15) is 16.1 Å². The minimum absolute atomic E-state index is 0.262. The molecule has 0 unspecified atom stereocenters. The smallest absolute Gasteiger partial charge is 0.352 e. The molecule has 0 amide bonds. The Bertz CT molecular complexity index is 560. The van der Waals surface area contributed by atoms with Crippen LogP contribution in [0.2, 0.25) is 0 Å². The Balaban J connectivity index is 2.25. The van der Waals surface area contributed by atoms with Gasteiger partial charge in [0.1, 0.15) is 11.4 Å². The summed E-state index contributed by atoms with van der Waals surface area (Å²) in [4.78, 5) is 11.1. The Kier molecular flexibility index (Phi) is 3.72. The molecule has 0 saturated carbocycles. The first-order chi connectivity index (χ1) is 8.60.